The number of hydrogen-bond acceptors (Lipinski definition) is 0. The van der Waals surface area contributed by atoms with Gasteiger partial charge in [-0.05, 0) is 24.0 Å². The zero-order valence-corrected chi connectivity index (χ0v) is 11.0. The van der Waals surface area contributed by atoms with Crippen molar-refractivity contribution in [2.45, 2.75) is 32.6 Å². The predicted molar refractivity (Wildman–Crippen MR) is 79.0 cm³/mol. The number of benzene rings is 1. The standard InChI is InChI=1S/C18H20/c1-3-5-13-18(4-2)14-11-17(12-15-18)16-9-7-6-8-10-16/h2,6-12,14H,3,5,13,15H2,1H3. The normalized spacial score (nSPS) is 22.3. The lowest BCUT2D eigenvalue weighted by Crippen LogP contribution is -2.16. The fourth-order valence-electron chi connectivity index (χ4n) is 2.38. The summed E-state index contributed by atoms with van der Waals surface area (Å²) in [7, 11) is 0. The molecule has 0 N–H and O–H groups in total. The van der Waals surface area contributed by atoms with Gasteiger partial charge in [-0.1, -0.05) is 74.2 Å². The van der Waals surface area contributed by atoms with Crippen LogP contribution >= 0.6 is 0 Å². The summed E-state index contributed by atoms with van der Waals surface area (Å²) >= 11 is 0. The molecule has 0 spiro atoms. The third kappa shape index (κ3) is 2.74. The van der Waals surface area contributed by atoms with Gasteiger partial charge in [0.2, 0.25) is 0 Å². The van der Waals surface area contributed by atoms with Gasteiger partial charge in [0.25, 0.3) is 0 Å². The van der Waals surface area contributed by atoms with Crippen LogP contribution in [0.5, 0.6) is 0 Å². The van der Waals surface area contributed by atoms with Gasteiger partial charge < -0.3 is 0 Å². The molecule has 0 radical (unpaired) electrons. The van der Waals surface area contributed by atoms with Crippen LogP contribution in [-0.2, 0) is 0 Å². The van der Waals surface area contributed by atoms with Gasteiger partial charge in [0.15, 0.2) is 0 Å². The Hall–Kier alpha value is -1.74. The van der Waals surface area contributed by atoms with E-state index in [2.05, 4.69) is 55.3 Å². The quantitative estimate of drug-likeness (QED) is 0.656. The summed E-state index contributed by atoms with van der Waals surface area (Å²) in [6.45, 7) is 2.21. The molecule has 1 atom stereocenters. The largest absolute Gasteiger partial charge is 0.119 e. The number of unbranched alkanes of at least 4 members (excludes halogenated alkanes) is 1. The molecule has 0 saturated carbocycles. The van der Waals surface area contributed by atoms with E-state index in [9.17, 15) is 0 Å². The monoisotopic (exact) mass is 236 g/mol. The molecule has 1 aliphatic carbocycles. The van der Waals surface area contributed by atoms with E-state index < -0.39 is 0 Å². The number of rotatable bonds is 4. The van der Waals surface area contributed by atoms with Crippen molar-refractivity contribution in [3.8, 4) is 12.3 Å². The summed E-state index contributed by atoms with van der Waals surface area (Å²) in [4.78, 5) is 0. The third-order valence-electron chi connectivity index (χ3n) is 3.64. The second-order valence-corrected chi connectivity index (χ2v) is 4.97. The molecule has 0 nitrogen and oxygen atoms in total. The zero-order chi connectivity index (χ0) is 12.8. The van der Waals surface area contributed by atoms with E-state index in [1.54, 1.807) is 0 Å². The van der Waals surface area contributed by atoms with Crippen molar-refractivity contribution in [1.29, 1.82) is 0 Å². The van der Waals surface area contributed by atoms with E-state index in [1.807, 2.05) is 6.07 Å². The SMILES string of the molecule is C#CC1(CCCC)C=CC(c2ccccc2)=CC1. The van der Waals surface area contributed by atoms with Gasteiger partial charge in [-0.25, -0.2) is 0 Å². The first-order chi connectivity index (χ1) is 8.79. The zero-order valence-electron chi connectivity index (χ0n) is 11.0. The van der Waals surface area contributed by atoms with Gasteiger partial charge in [0.1, 0.15) is 0 Å². The van der Waals surface area contributed by atoms with Crippen LogP contribution in [0.3, 0.4) is 0 Å². The Morgan fingerprint density at radius 3 is 2.61 bits per heavy atom. The van der Waals surface area contributed by atoms with E-state index in [4.69, 9.17) is 6.42 Å². The van der Waals surface area contributed by atoms with E-state index in [1.165, 1.54) is 24.0 Å². The number of terminal acetylenes is 1. The third-order valence-corrected chi connectivity index (χ3v) is 3.64. The minimum atomic E-state index is -0.0473. The van der Waals surface area contributed by atoms with Crippen LogP contribution in [0.1, 0.15) is 38.2 Å². The average molecular weight is 236 g/mol. The van der Waals surface area contributed by atoms with Crippen LogP contribution in [0.4, 0.5) is 0 Å². The first-order valence-electron chi connectivity index (χ1n) is 6.72. The minimum Gasteiger partial charge on any atom is -0.119 e. The van der Waals surface area contributed by atoms with Crippen molar-refractivity contribution < 1.29 is 0 Å². The predicted octanol–water partition coefficient (Wildman–Crippen LogP) is 4.84. The number of allylic oxidation sites excluding steroid dienone is 4. The Morgan fingerprint density at radius 1 is 1.28 bits per heavy atom. The lowest BCUT2D eigenvalue weighted by molar-refractivity contribution is 0.452. The molecule has 0 aliphatic heterocycles. The fraction of sp³-hybridized carbons (Fsp3) is 0.333. The molecule has 1 aromatic rings. The second kappa shape index (κ2) is 5.74. The summed E-state index contributed by atoms with van der Waals surface area (Å²) in [5.41, 5.74) is 2.52. The van der Waals surface area contributed by atoms with Crippen molar-refractivity contribution in [2.75, 3.05) is 0 Å². The van der Waals surface area contributed by atoms with E-state index in [0.717, 1.165) is 12.8 Å². The van der Waals surface area contributed by atoms with Gasteiger partial charge in [0.05, 0.1) is 5.41 Å². The summed E-state index contributed by atoms with van der Waals surface area (Å²) in [5.74, 6) is 2.99. The molecule has 1 unspecified atom stereocenters. The molecule has 0 heteroatoms. The highest BCUT2D eigenvalue weighted by Crippen LogP contribution is 2.36. The van der Waals surface area contributed by atoms with Crippen LogP contribution in [0, 0.1) is 17.8 Å². The van der Waals surface area contributed by atoms with Crippen molar-refractivity contribution in [1.82, 2.24) is 0 Å². The highest BCUT2D eigenvalue weighted by molar-refractivity contribution is 5.75. The molecule has 18 heavy (non-hydrogen) atoms. The molecular formula is C18H20. The summed E-state index contributed by atoms with van der Waals surface area (Å²) in [5, 5.41) is 0. The maximum atomic E-state index is 5.73. The van der Waals surface area contributed by atoms with Crippen LogP contribution in [0.15, 0.2) is 48.6 Å². The van der Waals surface area contributed by atoms with Crippen molar-refractivity contribution in [3.63, 3.8) is 0 Å². The van der Waals surface area contributed by atoms with Gasteiger partial charge in [-0.15, -0.1) is 6.42 Å². The maximum Gasteiger partial charge on any atom is 0.0529 e. The topological polar surface area (TPSA) is 0 Å². The molecule has 92 valence electrons. The molecule has 0 bridgehead atoms. The Kier molecular flexibility index (Phi) is 4.05. The molecule has 0 fully saturated rings. The molecule has 1 aromatic carbocycles. The molecular weight excluding hydrogens is 216 g/mol. The smallest absolute Gasteiger partial charge is 0.0529 e. The van der Waals surface area contributed by atoms with Gasteiger partial charge >= 0.3 is 0 Å². The average Bonchev–Trinajstić information content (AvgIpc) is 2.47. The summed E-state index contributed by atoms with van der Waals surface area (Å²) in [6, 6.07) is 10.5. The Balaban J connectivity index is 2.13. The Labute approximate surface area is 110 Å². The number of hydrogen-bond donors (Lipinski definition) is 0. The van der Waals surface area contributed by atoms with Gasteiger partial charge in [-0.3, -0.25) is 0 Å². The molecule has 0 amide bonds. The first kappa shape index (κ1) is 12.7. The highest BCUT2D eigenvalue weighted by atomic mass is 14.3. The fourth-order valence-corrected chi connectivity index (χ4v) is 2.38. The summed E-state index contributed by atoms with van der Waals surface area (Å²) < 4.78 is 0. The van der Waals surface area contributed by atoms with Crippen molar-refractivity contribution in [3.05, 3.63) is 54.1 Å². The first-order valence-corrected chi connectivity index (χ1v) is 6.72. The molecule has 1 aliphatic rings. The maximum absolute atomic E-state index is 5.73. The Morgan fingerprint density at radius 2 is 2.06 bits per heavy atom. The lowest BCUT2D eigenvalue weighted by atomic mass is 9.76. The van der Waals surface area contributed by atoms with E-state index >= 15 is 0 Å². The van der Waals surface area contributed by atoms with Crippen LogP contribution in [0.25, 0.3) is 5.57 Å². The van der Waals surface area contributed by atoms with Gasteiger partial charge in [0, 0.05) is 0 Å². The Bertz CT molecular complexity index is 485. The molecule has 0 heterocycles. The molecule has 0 aromatic heterocycles. The van der Waals surface area contributed by atoms with Crippen LogP contribution < -0.4 is 0 Å². The van der Waals surface area contributed by atoms with E-state index in [-0.39, 0.29) is 5.41 Å². The summed E-state index contributed by atoms with van der Waals surface area (Å²) in [6.07, 6.45) is 16.9. The molecule has 0 saturated heterocycles. The molecule has 2 rings (SSSR count). The highest BCUT2D eigenvalue weighted by Gasteiger charge is 2.25. The second-order valence-electron chi connectivity index (χ2n) is 4.97. The van der Waals surface area contributed by atoms with Crippen LogP contribution in [-0.4, -0.2) is 0 Å². The van der Waals surface area contributed by atoms with Gasteiger partial charge in [-0.2, -0.15) is 0 Å². The van der Waals surface area contributed by atoms with Crippen LogP contribution in [0.2, 0.25) is 0 Å². The lowest BCUT2D eigenvalue weighted by Gasteiger charge is -2.27. The van der Waals surface area contributed by atoms with Crippen molar-refractivity contribution in [2.24, 2.45) is 5.41 Å². The minimum absolute atomic E-state index is 0.0473. The van der Waals surface area contributed by atoms with E-state index in [0.29, 0.717) is 0 Å². The van der Waals surface area contributed by atoms with Crippen molar-refractivity contribution >= 4 is 5.57 Å².